The lowest BCUT2D eigenvalue weighted by Gasteiger charge is -2.26. The van der Waals surface area contributed by atoms with Crippen LogP contribution in [0.15, 0.2) is 24.5 Å². The molecule has 0 unspecified atom stereocenters. The highest BCUT2D eigenvalue weighted by Crippen LogP contribution is 2.03. The summed E-state index contributed by atoms with van der Waals surface area (Å²) in [4.78, 5) is 28.5. The molecule has 18 heavy (non-hydrogen) atoms. The number of hydrogen-bond donors (Lipinski definition) is 1. The Kier molecular flexibility index (Phi) is 4.11. The number of ether oxygens (including phenoxy) is 1. The van der Waals surface area contributed by atoms with Crippen LogP contribution >= 0.6 is 0 Å². The summed E-state index contributed by atoms with van der Waals surface area (Å²) in [6.07, 6.45) is 3.64. The van der Waals surface area contributed by atoms with Crippen LogP contribution in [0.5, 0.6) is 0 Å². The summed E-state index contributed by atoms with van der Waals surface area (Å²) in [5, 5.41) is 2.74. The van der Waals surface area contributed by atoms with Crippen molar-refractivity contribution in [3.63, 3.8) is 0 Å². The van der Waals surface area contributed by atoms with Gasteiger partial charge in [0.2, 0.25) is 0 Å². The van der Waals surface area contributed by atoms with Crippen molar-refractivity contribution in [3.05, 3.63) is 30.1 Å². The van der Waals surface area contributed by atoms with Crippen LogP contribution in [0.4, 0.5) is 4.79 Å². The van der Waals surface area contributed by atoms with Gasteiger partial charge >= 0.3 is 6.09 Å². The van der Waals surface area contributed by atoms with Gasteiger partial charge in [-0.1, -0.05) is 0 Å². The highest BCUT2D eigenvalue weighted by atomic mass is 16.6. The molecular weight excluding hydrogens is 234 g/mol. The van der Waals surface area contributed by atoms with E-state index in [1.807, 2.05) is 0 Å². The maximum absolute atomic E-state index is 11.7. The fraction of sp³-hybridized carbons (Fsp3) is 0.417. The van der Waals surface area contributed by atoms with E-state index >= 15 is 0 Å². The van der Waals surface area contributed by atoms with Crippen molar-refractivity contribution in [3.8, 4) is 0 Å². The first-order valence-corrected chi connectivity index (χ1v) is 5.87. The minimum atomic E-state index is -0.308. The van der Waals surface area contributed by atoms with Gasteiger partial charge in [-0.3, -0.25) is 9.78 Å². The molecule has 1 saturated heterocycles. The summed E-state index contributed by atoms with van der Waals surface area (Å²) in [5.41, 5.74) is 0.513. The molecule has 96 valence electrons. The van der Waals surface area contributed by atoms with Crippen molar-refractivity contribution in [1.82, 2.24) is 15.2 Å². The molecule has 6 nitrogen and oxygen atoms in total. The van der Waals surface area contributed by atoms with Gasteiger partial charge < -0.3 is 15.0 Å². The third kappa shape index (κ3) is 3.19. The molecule has 1 aliphatic rings. The van der Waals surface area contributed by atoms with Gasteiger partial charge in [-0.05, 0) is 18.6 Å². The highest BCUT2D eigenvalue weighted by molar-refractivity contribution is 5.93. The number of aromatic nitrogens is 1. The average molecular weight is 249 g/mol. The number of amides is 2. The predicted octanol–water partition coefficient (Wildman–Crippen LogP) is 0.654. The number of nitrogens with one attached hydrogen (secondary N) is 1. The second-order valence-corrected chi connectivity index (χ2v) is 3.95. The molecule has 0 saturated carbocycles. The lowest BCUT2D eigenvalue weighted by molar-refractivity contribution is 0.0719. The van der Waals surface area contributed by atoms with Crippen LogP contribution in [0.1, 0.15) is 16.8 Å². The van der Waals surface area contributed by atoms with Gasteiger partial charge in [-0.25, -0.2) is 4.79 Å². The minimum absolute atomic E-state index is 0.187. The fourth-order valence-electron chi connectivity index (χ4n) is 1.70. The first-order chi connectivity index (χ1) is 8.77. The zero-order valence-corrected chi connectivity index (χ0v) is 9.96. The van der Waals surface area contributed by atoms with Crippen LogP contribution in [0.3, 0.4) is 0 Å². The molecule has 2 amide bonds. The lowest BCUT2D eigenvalue weighted by Crippen LogP contribution is -2.42. The monoisotopic (exact) mass is 249 g/mol. The molecule has 1 N–H and O–H groups in total. The largest absolute Gasteiger partial charge is 0.449 e. The molecule has 6 heteroatoms. The SMILES string of the molecule is O=C(NCCN1CCCOC1=O)c1cccnc1. The van der Waals surface area contributed by atoms with E-state index in [-0.39, 0.29) is 12.0 Å². The van der Waals surface area contributed by atoms with Gasteiger partial charge in [0.1, 0.15) is 0 Å². The van der Waals surface area contributed by atoms with Gasteiger partial charge in [-0.15, -0.1) is 0 Å². The Morgan fingerprint density at radius 3 is 3.17 bits per heavy atom. The Labute approximate surface area is 105 Å². The molecule has 1 aromatic rings. The molecule has 2 heterocycles. The van der Waals surface area contributed by atoms with E-state index in [9.17, 15) is 9.59 Å². The van der Waals surface area contributed by atoms with Crippen LogP contribution < -0.4 is 5.32 Å². The van der Waals surface area contributed by atoms with Crippen molar-refractivity contribution in [2.75, 3.05) is 26.2 Å². The first-order valence-electron chi connectivity index (χ1n) is 5.87. The Morgan fingerprint density at radius 1 is 1.56 bits per heavy atom. The van der Waals surface area contributed by atoms with E-state index in [4.69, 9.17) is 4.74 Å². The van der Waals surface area contributed by atoms with Crippen LogP contribution in [0.2, 0.25) is 0 Å². The number of nitrogens with zero attached hydrogens (tertiary/aromatic N) is 2. The zero-order valence-electron chi connectivity index (χ0n) is 9.96. The van der Waals surface area contributed by atoms with Gasteiger partial charge in [0.15, 0.2) is 0 Å². The summed E-state index contributed by atoms with van der Waals surface area (Å²) >= 11 is 0. The smallest absolute Gasteiger partial charge is 0.409 e. The number of cyclic esters (lactones) is 1. The summed E-state index contributed by atoms with van der Waals surface area (Å²) in [6, 6.07) is 3.40. The molecule has 1 aliphatic heterocycles. The second kappa shape index (κ2) is 6.00. The number of carbonyl (C=O) groups excluding carboxylic acids is 2. The highest BCUT2D eigenvalue weighted by Gasteiger charge is 2.18. The molecular formula is C12H15N3O3. The van der Waals surface area contributed by atoms with Crippen molar-refractivity contribution >= 4 is 12.0 Å². The van der Waals surface area contributed by atoms with Gasteiger partial charge in [-0.2, -0.15) is 0 Å². The second-order valence-electron chi connectivity index (χ2n) is 3.95. The normalized spacial score (nSPS) is 15.1. The predicted molar refractivity (Wildman–Crippen MR) is 64.1 cm³/mol. The molecule has 0 atom stereocenters. The maximum atomic E-state index is 11.7. The fourth-order valence-corrected chi connectivity index (χ4v) is 1.70. The molecule has 0 radical (unpaired) electrons. The van der Waals surface area contributed by atoms with Crippen molar-refractivity contribution in [2.45, 2.75) is 6.42 Å². The van der Waals surface area contributed by atoms with Crippen LogP contribution in [-0.4, -0.2) is 48.1 Å². The Bertz CT molecular complexity index is 422. The third-order valence-corrected chi connectivity index (χ3v) is 2.65. The number of pyridine rings is 1. The number of rotatable bonds is 4. The molecule has 1 aromatic heterocycles. The molecule has 1 fully saturated rings. The number of hydrogen-bond acceptors (Lipinski definition) is 4. The van der Waals surface area contributed by atoms with Gasteiger partial charge in [0.25, 0.3) is 5.91 Å². The van der Waals surface area contributed by atoms with Crippen molar-refractivity contribution in [1.29, 1.82) is 0 Å². The van der Waals surface area contributed by atoms with Gasteiger partial charge in [0, 0.05) is 32.0 Å². The summed E-state index contributed by atoms with van der Waals surface area (Å²) in [6.45, 7) is 2.03. The lowest BCUT2D eigenvalue weighted by atomic mass is 10.3. The number of carbonyl (C=O) groups is 2. The van der Waals surface area contributed by atoms with Crippen LogP contribution in [0.25, 0.3) is 0 Å². The molecule has 0 spiro atoms. The van der Waals surface area contributed by atoms with Crippen LogP contribution in [-0.2, 0) is 4.74 Å². The van der Waals surface area contributed by atoms with Crippen LogP contribution in [0, 0.1) is 0 Å². The standard InChI is InChI=1S/C12H15N3O3/c16-11(10-3-1-4-13-9-10)14-5-7-15-6-2-8-18-12(15)17/h1,3-4,9H,2,5-8H2,(H,14,16). The minimum Gasteiger partial charge on any atom is -0.449 e. The van der Waals surface area contributed by atoms with Gasteiger partial charge in [0.05, 0.1) is 12.2 Å². The average Bonchev–Trinajstić information content (AvgIpc) is 2.42. The van der Waals surface area contributed by atoms with E-state index < -0.39 is 0 Å². The van der Waals surface area contributed by atoms with E-state index in [2.05, 4.69) is 10.3 Å². The molecule has 2 rings (SSSR count). The van der Waals surface area contributed by atoms with E-state index in [1.165, 1.54) is 6.20 Å². The quantitative estimate of drug-likeness (QED) is 0.850. The van der Waals surface area contributed by atoms with Crippen molar-refractivity contribution < 1.29 is 14.3 Å². The Hall–Kier alpha value is -2.11. The summed E-state index contributed by atoms with van der Waals surface area (Å²) < 4.78 is 4.90. The first kappa shape index (κ1) is 12.3. The molecule has 0 aliphatic carbocycles. The molecule has 0 aromatic carbocycles. The summed E-state index contributed by atoms with van der Waals surface area (Å²) in [7, 11) is 0. The third-order valence-electron chi connectivity index (χ3n) is 2.65. The zero-order chi connectivity index (χ0) is 12.8. The van der Waals surface area contributed by atoms with E-state index in [1.54, 1.807) is 23.2 Å². The Balaban J connectivity index is 1.75. The van der Waals surface area contributed by atoms with E-state index in [0.717, 1.165) is 6.42 Å². The maximum Gasteiger partial charge on any atom is 0.409 e. The van der Waals surface area contributed by atoms with Crippen molar-refractivity contribution in [2.24, 2.45) is 0 Å². The van der Waals surface area contributed by atoms with E-state index in [0.29, 0.717) is 31.8 Å². The summed E-state index contributed by atoms with van der Waals surface area (Å²) in [5.74, 6) is -0.187. The Morgan fingerprint density at radius 2 is 2.44 bits per heavy atom. The molecule has 0 bridgehead atoms. The topological polar surface area (TPSA) is 71.5 Å².